The van der Waals surface area contributed by atoms with Crippen molar-refractivity contribution in [3.8, 4) is 22.6 Å². The fraction of sp³-hybridized carbons (Fsp3) is 0.148. The lowest BCUT2D eigenvalue weighted by Gasteiger charge is -2.21. The molecule has 392 valence electrons. The van der Waals surface area contributed by atoms with Crippen LogP contribution in [0.1, 0.15) is 78.7 Å². The highest BCUT2D eigenvalue weighted by Crippen LogP contribution is 2.30. The van der Waals surface area contributed by atoms with Crippen molar-refractivity contribution >= 4 is 106 Å². The molecular weight excluding hydrogens is 1100 g/mol. The van der Waals surface area contributed by atoms with Crippen LogP contribution in [0.4, 0.5) is 23.3 Å². The standard InChI is InChI=1S/C30H27ClN6O4S.C22H18BrClN6O2.2CH4/c1-17(23-15-19-9-7-13-22(31)24(19)30(39)37(23)21-11-4-3-5-12-21)34-29(38)26-28(33)36-27(32)25(35-26)20-10-6-8-18(14-20)16-42(2,40)41;1-11(27-21(31)17-19(25)29-20(26)18(23)28-17)15-10-12-6-5-9-14(24)16(12)22(32)30(15)13-7-3-2-4-8-13;;/h3-15,17H,16H2,1-2H3,(H,34,38)(H4,32,33,36);2-11H,1H3,(H,27,31)(H4,25,26,29);2*1H4/t17-;11-;;/m00../s1. The van der Waals surface area contributed by atoms with Crippen LogP contribution < -0.4 is 44.7 Å². The predicted molar refractivity (Wildman–Crippen MR) is 308 cm³/mol. The maximum atomic E-state index is 13.7. The number of anilines is 4. The monoisotopic (exact) mass is 1150 g/mol. The molecule has 5 aromatic carbocycles. The van der Waals surface area contributed by atoms with E-state index in [1.165, 1.54) is 9.13 Å². The van der Waals surface area contributed by atoms with E-state index in [1.807, 2.05) is 54.6 Å². The number of rotatable bonds is 11. The average molecular weight is 1150 g/mol. The molecule has 0 saturated carbocycles. The van der Waals surface area contributed by atoms with Crippen molar-refractivity contribution in [2.45, 2.75) is 46.5 Å². The van der Waals surface area contributed by atoms with Crippen LogP contribution in [0.3, 0.4) is 0 Å². The van der Waals surface area contributed by atoms with Gasteiger partial charge in [-0.3, -0.25) is 28.3 Å². The van der Waals surface area contributed by atoms with E-state index in [0.29, 0.717) is 65.5 Å². The Bertz CT molecular complexity index is 3920. The minimum absolute atomic E-state index is 0. The molecule has 0 fully saturated rings. The Morgan fingerprint density at radius 3 is 1.49 bits per heavy atom. The van der Waals surface area contributed by atoms with Gasteiger partial charge in [0.15, 0.2) is 44.5 Å². The molecule has 4 aromatic heterocycles. The lowest BCUT2D eigenvalue weighted by Crippen LogP contribution is -2.33. The van der Waals surface area contributed by atoms with Gasteiger partial charge >= 0.3 is 0 Å². The molecule has 0 aliphatic rings. The Labute approximate surface area is 456 Å². The number of sulfone groups is 1. The number of aromatic nitrogens is 6. The van der Waals surface area contributed by atoms with Gasteiger partial charge in [0.25, 0.3) is 22.9 Å². The summed E-state index contributed by atoms with van der Waals surface area (Å²) in [6, 6.07) is 37.6. The highest BCUT2D eigenvalue weighted by atomic mass is 79.9. The number of amides is 2. The summed E-state index contributed by atoms with van der Waals surface area (Å²) in [5.41, 5.74) is 26.3. The molecular formula is C54H53BrCl2N12O6S. The molecule has 18 nitrogen and oxygen atoms in total. The lowest BCUT2D eigenvalue weighted by atomic mass is 10.1. The maximum absolute atomic E-state index is 13.7. The van der Waals surface area contributed by atoms with E-state index >= 15 is 0 Å². The topological polar surface area (TPSA) is 292 Å². The first-order valence-corrected chi connectivity index (χ1v) is 26.0. The Balaban J connectivity index is 0.000000249. The number of benzene rings is 5. The maximum Gasteiger partial charge on any atom is 0.274 e. The van der Waals surface area contributed by atoms with E-state index in [-0.39, 0.29) is 76.7 Å². The van der Waals surface area contributed by atoms with Crippen molar-refractivity contribution in [3.05, 3.63) is 197 Å². The zero-order chi connectivity index (χ0) is 53.2. The number of nitrogen functional groups attached to an aromatic ring is 4. The molecule has 0 aliphatic carbocycles. The molecule has 9 rings (SSSR count). The number of nitrogens with zero attached hydrogens (tertiary/aromatic N) is 6. The van der Waals surface area contributed by atoms with Crippen LogP contribution in [0, 0.1) is 0 Å². The van der Waals surface area contributed by atoms with Gasteiger partial charge in [-0.15, -0.1) is 0 Å². The zero-order valence-corrected chi connectivity index (χ0v) is 43.5. The van der Waals surface area contributed by atoms with E-state index in [2.05, 4.69) is 46.5 Å². The van der Waals surface area contributed by atoms with Crippen LogP contribution >= 0.6 is 39.1 Å². The first kappa shape index (κ1) is 57.1. The van der Waals surface area contributed by atoms with Gasteiger partial charge in [0.1, 0.15) is 10.3 Å². The quantitative estimate of drug-likeness (QED) is 0.0703. The fourth-order valence-electron chi connectivity index (χ4n) is 8.24. The third-order valence-electron chi connectivity index (χ3n) is 11.6. The van der Waals surface area contributed by atoms with E-state index in [4.69, 9.17) is 46.1 Å². The summed E-state index contributed by atoms with van der Waals surface area (Å²) in [7, 11) is -3.28. The predicted octanol–water partition coefficient (Wildman–Crippen LogP) is 9.43. The third-order valence-corrected chi connectivity index (χ3v) is 13.6. The van der Waals surface area contributed by atoms with Crippen LogP contribution in [0.15, 0.2) is 148 Å². The Kier molecular flexibility index (Phi) is 17.7. The fourth-order valence-corrected chi connectivity index (χ4v) is 9.82. The summed E-state index contributed by atoms with van der Waals surface area (Å²) < 4.78 is 26.9. The highest BCUT2D eigenvalue weighted by molar-refractivity contribution is 9.10. The van der Waals surface area contributed by atoms with Crippen molar-refractivity contribution in [1.29, 1.82) is 0 Å². The summed E-state index contributed by atoms with van der Waals surface area (Å²) in [5.74, 6) is -1.58. The first-order chi connectivity index (χ1) is 35.2. The largest absolute Gasteiger partial charge is 0.382 e. The Morgan fingerprint density at radius 2 is 1.03 bits per heavy atom. The molecule has 0 spiro atoms. The van der Waals surface area contributed by atoms with Crippen molar-refractivity contribution in [2.75, 3.05) is 29.2 Å². The Hall–Kier alpha value is -8.17. The van der Waals surface area contributed by atoms with Gasteiger partial charge in [-0.05, 0) is 101 Å². The average Bonchev–Trinajstić information content (AvgIpc) is 3.35. The Morgan fingerprint density at radius 1 is 0.592 bits per heavy atom. The summed E-state index contributed by atoms with van der Waals surface area (Å²) in [4.78, 5) is 70.2. The minimum Gasteiger partial charge on any atom is -0.382 e. The summed E-state index contributed by atoms with van der Waals surface area (Å²) in [5, 5.41) is 8.45. The molecule has 9 aromatic rings. The third kappa shape index (κ3) is 12.2. The molecule has 76 heavy (non-hydrogen) atoms. The van der Waals surface area contributed by atoms with Crippen LogP contribution in [0.25, 0.3) is 44.2 Å². The normalized spacial score (nSPS) is 11.8. The first-order valence-electron chi connectivity index (χ1n) is 22.4. The summed E-state index contributed by atoms with van der Waals surface area (Å²) in [6.07, 6.45) is 1.14. The molecule has 0 aliphatic heterocycles. The summed E-state index contributed by atoms with van der Waals surface area (Å²) in [6.45, 7) is 3.50. The number of para-hydroxylation sites is 2. The van der Waals surface area contributed by atoms with Gasteiger partial charge in [0.2, 0.25) is 0 Å². The number of halogens is 3. The second kappa shape index (κ2) is 23.6. The number of pyridine rings is 2. The molecule has 0 unspecified atom stereocenters. The smallest absolute Gasteiger partial charge is 0.274 e. The van der Waals surface area contributed by atoms with Crippen LogP contribution in [0.5, 0.6) is 0 Å². The van der Waals surface area contributed by atoms with Crippen LogP contribution in [0.2, 0.25) is 10.0 Å². The van der Waals surface area contributed by atoms with Gasteiger partial charge in [0, 0.05) is 34.6 Å². The van der Waals surface area contributed by atoms with Gasteiger partial charge < -0.3 is 33.6 Å². The lowest BCUT2D eigenvalue weighted by molar-refractivity contribution is 0.0926. The number of carbonyl (C=O) groups is 2. The number of fused-ring (bicyclic) bond motifs is 2. The molecule has 0 radical (unpaired) electrons. The van der Waals surface area contributed by atoms with Crippen molar-refractivity contribution in [2.24, 2.45) is 0 Å². The number of carbonyl (C=O) groups excluding carboxylic acids is 2. The van der Waals surface area contributed by atoms with Gasteiger partial charge in [-0.25, -0.2) is 28.4 Å². The van der Waals surface area contributed by atoms with Gasteiger partial charge in [0.05, 0.1) is 38.7 Å². The van der Waals surface area contributed by atoms with Crippen molar-refractivity contribution < 1.29 is 18.0 Å². The van der Waals surface area contributed by atoms with E-state index < -0.39 is 33.7 Å². The number of nitrogens with one attached hydrogen (secondary N) is 2. The number of hydrogen-bond acceptors (Lipinski definition) is 14. The summed E-state index contributed by atoms with van der Waals surface area (Å²) >= 11 is 15.9. The molecule has 22 heteroatoms. The highest BCUT2D eigenvalue weighted by Gasteiger charge is 2.25. The number of hydrogen-bond donors (Lipinski definition) is 6. The molecule has 2 atom stereocenters. The van der Waals surface area contributed by atoms with E-state index in [0.717, 1.165) is 6.26 Å². The van der Waals surface area contributed by atoms with Crippen LogP contribution in [-0.2, 0) is 15.6 Å². The molecule has 0 bridgehead atoms. The van der Waals surface area contributed by atoms with E-state index in [9.17, 15) is 27.6 Å². The van der Waals surface area contributed by atoms with Gasteiger partial charge in [-0.2, -0.15) is 0 Å². The van der Waals surface area contributed by atoms with Crippen LogP contribution in [-0.4, -0.2) is 55.6 Å². The minimum atomic E-state index is -3.28. The van der Waals surface area contributed by atoms with E-state index in [1.54, 1.807) is 92.7 Å². The van der Waals surface area contributed by atoms with Crippen molar-refractivity contribution in [3.63, 3.8) is 0 Å². The molecule has 10 N–H and O–H groups in total. The second-order valence-electron chi connectivity index (χ2n) is 17.0. The second-order valence-corrected chi connectivity index (χ2v) is 20.7. The number of nitrogens with two attached hydrogens (primary N) is 4. The molecule has 2 amide bonds. The molecule has 4 heterocycles. The molecule has 0 saturated heterocycles. The van der Waals surface area contributed by atoms with Crippen molar-refractivity contribution in [1.82, 2.24) is 39.7 Å². The van der Waals surface area contributed by atoms with Gasteiger partial charge in [-0.1, -0.05) is 117 Å². The zero-order valence-electron chi connectivity index (χ0n) is 39.5. The SMILES string of the molecule is C.C.C[C@H](NC(=O)c1nc(-c2cccc(CS(C)(=O)=O)c2)c(N)nc1N)c1cc2cccc(Cl)c2c(=O)n1-c1ccccc1.C[C@H](NC(=O)c1nc(Br)c(N)nc1N)c1cc2cccc(Cl)c2c(=O)n1-c1ccccc1.